The van der Waals surface area contributed by atoms with E-state index in [-0.39, 0.29) is 0 Å². The Labute approximate surface area is 119 Å². The van der Waals surface area contributed by atoms with Crippen LogP contribution in [-0.2, 0) is 0 Å². The van der Waals surface area contributed by atoms with Crippen molar-refractivity contribution in [3.05, 3.63) is 65.5 Å². The summed E-state index contributed by atoms with van der Waals surface area (Å²) in [6, 6.07) is 12.8. The maximum atomic E-state index is 13.7. The first-order valence-electron chi connectivity index (χ1n) is 6.04. The van der Waals surface area contributed by atoms with Gasteiger partial charge in [-0.05, 0) is 34.7 Å². The molecular formula is C16H11F2NS. The molecule has 0 bridgehead atoms. The summed E-state index contributed by atoms with van der Waals surface area (Å²) < 4.78 is 26.6. The number of anilines is 1. The van der Waals surface area contributed by atoms with Crippen LogP contribution in [0.5, 0.6) is 0 Å². The van der Waals surface area contributed by atoms with Gasteiger partial charge in [0.25, 0.3) is 0 Å². The van der Waals surface area contributed by atoms with E-state index in [4.69, 9.17) is 5.73 Å². The largest absolute Gasteiger partial charge is 0.398 e. The van der Waals surface area contributed by atoms with Crippen LogP contribution < -0.4 is 5.73 Å². The van der Waals surface area contributed by atoms with Crippen LogP contribution in [0.4, 0.5) is 14.5 Å². The molecule has 0 atom stereocenters. The summed E-state index contributed by atoms with van der Waals surface area (Å²) in [5, 5.41) is 1.93. The molecule has 3 aromatic rings. The number of benzene rings is 2. The Hall–Kier alpha value is -2.20. The predicted octanol–water partition coefficient (Wildman–Crippen LogP) is 4.94. The maximum Gasteiger partial charge on any atom is 0.133 e. The fourth-order valence-electron chi connectivity index (χ4n) is 2.08. The van der Waals surface area contributed by atoms with Gasteiger partial charge in [0, 0.05) is 11.6 Å². The Morgan fingerprint density at radius 1 is 0.850 bits per heavy atom. The molecule has 1 heterocycles. The standard InChI is InChI=1S/C16H11F2NS/c17-12-5-6-13(14(18)9-12)10-1-3-11(4-2-10)16-15(19)7-8-20-16/h1-9H,19H2. The summed E-state index contributed by atoms with van der Waals surface area (Å²) in [5.41, 5.74) is 8.69. The zero-order valence-corrected chi connectivity index (χ0v) is 11.3. The monoisotopic (exact) mass is 287 g/mol. The van der Waals surface area contributed by atoms with Crippen molar-refractivity contribution in [2.75, 3.05) is 5.73 Å². The Morgan fingerprint density at radius 2 is 1.55 bits per heavy atom. The second kappa shape index (κ2) is 5.06. The number of nitrogen functional groups attached to an aromatic ring is 1. The molecule has 0 aliphatic carbocycles. The molecule has 1 nitrogen and oxygen atoms in total. The van der Waals surface area contributed by atoms with Crippen molar-refractivity contribution in [2.45, 2.75) is 0 Å². The van der Waals surface area contributed by atoms with Gasteiger partial charge in [0.05, 0.1) is 10.6 Å². The van der Waals surface area contributed by atoms with Crippen molar-refractivity contribution >= 4 is 17.0 Å². The van der Waals surface area contributed by atoms with Crippen molar-refractivity contribution in [1.82, 2.24) is 0 Å². The van der Waals surface area contributed by atoms with E-state index in [0.717, 1.165) is 22.2 Å². The molecule has 4 heteroatoms. The zero-order chi connectivity index (χ0) is 14.1. The van der Waals surface area contributed by atoms with Gasteiger partial charge in [-0.1, -0.05) is 24.3 Å². The third-order valence-electron chi connectivity index (χ3n) is 3.08. The van der Waals surface area contributed by atoms with E-state index in [1.165, 1.54) is 12.1 Å². The molecule has 20 heavy (non-hydrogen) atoms. The minimum atomic E-state index is -0.575. The molecule has 3 rings (SSSR count). The lowest BCUT2D eigenvalue weighted by Gasteiger charge is -2.05. The number of nitrogens with two attached hydrogens (primary N) is 1. The van der Waals surface area contributed by atoms with Crippen LogP contribution in [0.2, 0.25) is 0 Å². The first-order valence-corrected chi connectivity index (χ1v) is 6.92. The van der Waals surface area contributed by atoms with Gasteiger partial charge in [0.2, 0.25) is 0 Å². The highest BCUT2D eigenvalue weighted by molar-refractivity contribution is 7.14. The lowest BCUT2D eigenvalue weighted by Crippen LogP contribution is -1.87. The fraction of sp³-hybridized carbons (Fsp3) is 0. The maximum absolute atomic E-state index is 13.7. The average Bonchev–Trinajstić information content (AvgIpc) is 2.85. The van der Waals surface area contributed by atoms with E-state index in [1.54, 1.807) is 11.3 Å². The van der Waals surface area contributed by atoms with Crippen LogP contribution in [0.1, 0.15) is 0 Å². The van der Waals surface area contributed by atoms with Crippen molar-refractivity contribution in [1.29, 1.82) is 0 Å². The topological polar surface area (TPSA) is 26.0 Å². The molecule has 0 saturated carbocycles. The van der Waals surface area contributed by atoms with Crippen LogP contribution >= 0.6 is 11.3 Å². The average molecular weight is 287 g/mol. The normalized spacial score (nSPS) is 10.7. The SMILES string of the molecule is Nc1ccsc1-c1ccc(-c2ccc(F)cc2F)cc1. The van der Waals surface area contributed by atoms with Gasteiger partial charge in [0.1, 0.15) is 11.6 Å². The van der Waals surface area contributed by atoms with Crippen LogP contribution in [0.3, 0.4) is 0 Å². The van der Waals surface area contributed by atoms with Crippen LogP contribution in [0.15, 0.2) is 53.9 Å². The zero-order valence-electron chi connectivity index (χ0n) is 10.4. The van der Waals surface area contributed by atoms with Crippen molar-refractivity contribution < 1.29 is 8.78 Å². The molecule has 0 aliphatic heterocycles. The molecule has 2 aromatic carbocycles. The van der Waals surface area contributed by atoms with Gasteiger partial charge in [0.15, 0.2) is 0 Å². The summed E-state index contributed by atoms with van der Waals surface area (Å²) in [4.78, 5) is 0.996. The quantitative estimate of drug-likeness (QED) is 0.709. The van der Waals surface area contributed by atoms with Gasteiger partial charge in [-0.3, -0.25) is 0 Å². The van der Waals surface area contributed by atoms with Crippen molar-refractivity contribution in [3.8, 4) is 21.6 Å². The van der Waals surface area contributed by atoms with E-state index in [1.807, 2.05) is 35.7 Å². The lowest BCUT2D eigenvalue weighted by molar-refractivity contribution is 0.585. The number of rotatable bonds is 2. The summed E-state index contributed by atoms with van der Waals surface area (Å²) in [5.74, 6) is -1.14. The third-order valence-corrected chi connectivity index (χ3v) is 4.06. The van der Waals surface area contributed by atoms with Gasteiger partial charge >= 0.3 is 0 Å². The van der Waals surface area contributed by atoms with Gasteiger partial charge in [-0.15, -0.1) is 11.3 Å². The van der Waals surface area contributed by atoms with E-state index in [0.29, 0.717) is 11.1 Å². The van der Waals surface area contributed by atoms with E-state index in [9.17, 15) is 8.78 Å². The molecule has 0 amide bonds. The number of thiophene rings is 1. The molecular weight excluding hydrogens is 276 g/mol. The molecule has 0 saturated heterocycles. The highest BCUT2D eigenvalue weighted by Crippen LogP contribution is 2.33. The van der Waals surface area contributed by atoms with Gasteiger partial charge in [-0.25, -0.2) is 8.78 Å². The van der Waals surface area contributed by atoms with E-state index in [2.05, 4.69) is 0 Å². The van der Waals surface area contributed by atoms with E-state index >= 15 is 0 Å². The molecule has 1 aromatic heterocycles. The molecule has 0 radical (unpaired) electrons. The Morgan fingerprint density at radius 3 is 2.15 bits per heavy atom. The minimum Gasteiger partial charge on any atom is -0.398 e. The molecule has 0 aliphatic rings. The Balaban J connectivity index is 1.99. The summed E-state index contributed by atoms with van der Waals surface area (Å²) in [7, 11) is 0. The van der Waals surface area contributed by atoms with Crippen LogP contribution in [0.25, 0.3) is 21.6 Å². The van der Waals surface area contributed by atoms with Crippen LogP contribution in [0, 0.1) is 11.6 Å². The van der Waals surface area contributed by atoms with Crippen molar-refractivity contribution in [2.24, 2.45) is 0 Å². The second-order valence-electron chi connectivity index (χ2n) is 4.41. The Bertz CT molecular complexity index is 747. The predicted molar refractivity (Wildman–Crippen MR) is 79.5 cm³/mol. The van der Waals surface area contributed by atoms with Gasteiger partial charge in [-0.2, -0.15) is 0 Å². The van der Waals surface area contributed by atoms with Gasteiger partial charge < -0.3 is 5.73 Å². The summed E-state index contributed by atoms with van der Waals surface area (Å²) in [6.45, 7) is 0. The third kappa shape index (κ3) is 2.30. The lowest BCUT2D eigenvalue weighted by atomic mass is 10.0. The summed E-state index contributed by atoms with van der Waals surface area (Å²) in [6.07, 6.45) is 0. The molecule has 0 fully saturated rings. The first kappa shape index (κ1) is 12.8. The second-order valence-corrected chi connectivity index (χ2v) is 5.32. The van der Waals surface area contributed by atoms with E-state index < -0.39 is 11.6 Å². The molecule has 2 N–H and O–H groups in total. The summed E-state index contributed by atoms with van der Waals surface area (Å²) >= 11 is 1.56. The highest BCUT2D eigenvalue weighted by atomic mass is 32.1. The molecule has 0 spiro atoms. The molecule has 100 valence electrons. The number of hydrogen-bond acceptors (Lipinski definition) is 2. The number of halogens is 2. The Kier molecular flexibility index (Phi) is 3.24. The van der Waals surface area contributed by atoms with Crippen LogP contribution in [-0.4, -0.2) is 0 Å². The van der Waals surface area contributed by atoms with Crippen molar-refractivity contribution in [3.63, 3.8) is 0 Å². The minimum absolute atomic E-state index is 0.386. The smallest absolute Gasteiger partial charge is 0.133 e. The molecule has 0 unspecified atom stereocenters. The highest BCUT2D eigenvalue weighted by Gasteiger charge is 2.08. The number of hydrogen-bond donors (Lipinski definition) is 1. The fourth-order valence-corrected chi connectivity index (χ4v) is 2.91. The first-order chi connectivity index (χ1) is 9.65.